The van der Waals surface area contributed by atoms with E-state index < -0.39 is 45.4 Å². The van der Waals surface area contributed by atoms with E-state index in [1.807, 2.05) is 0 Å². The number of aromatic amines is 1. The number of aliphatic hydroxyl groups is 2. The fourth-order valence-corrected chi connectivity index (χ4v) is 3.96. The summed E-state index contributed by atoms with van der Waals surface area (Å²) in [4.78, 5) is 25.4. The molecule has 0 saturated carbocycles. The van der Waals surface area contributed by atoms with Crippen molar-refractivity contribution in [2.75, 3.05) is 6.61 Å². The monoisotopic (exact) mass is 306 g/mol. The summed E-state index contributed by atoms with van der Waals surface area (Å²) in [6, 6.07) is 0. The molecule has 4 atom stereocenters. The fourth-order valence-electron chi connectivity index (χ4n) is 2.22. The van der Waals surface area contributed by atoms with Gasteiger partial charge in [-0.05, 0) is 6.42 Å². The topological polar surface area (TPSA) is 144 Å². The quantitative estimate of drug-likeness (QED) is 0.572. The lowest BCUT2D eigenvalue weighted by atomic mass is 10.2. The average molecular weight is 306 g/mol. The zero-order chi connectivity index (χ0) is 14.2. The summed E-state index contributed by atoms with van der Waals surface area (Å²) in [6.45, 7) is 1.37. The number of aryl methyl sites for hydroxylation is 1. The van der Waals surface area contributed by atoms with Crippen LogP contribution < -0.4 is 11.2 Å². The number of H-pyrrole nitrogens is 1. The maximum atomic E-state index is 12.1. The molecule has 1 aliphatic rings. The van der Waals surface area contributed by atoms with Crippen molar-refractivity contribution < 1.29 is 19.9 Å². The lowest BCUT2D eigenvalue weighted by Crippen LogP contribution is -2.35. The van der Waals surface area contributed by atoms with Crippen LogP contribution in [0.5, 0.6) is 0 Å². The molecule has 1 aromatic rings. The van der Waals surface area contributed by atoms with E-state index in [1.54, 1.807) is 6.92 Å². The Bertz CT molecular complexity index is 610. The largest absolute Gasteiger partial charge is 0.412 e. The van der Waals surface area contributed by atoms with E-state index >= 15 is 0 Å². The maximum absolute atomic E-state index is 12.1. The molecule has 0 spiro atoms. The van der Waals surface area contributed by atoms with Crippen LogP contribution in [-0.4, -0.2) is 47.4 Å². The van der Waals surface area contributed by atoms with Gasteiger partial charge in [-0.1, -0.05) is 6.92 Å². The van der Waals surface area contributed by atoms with E-state index in [0.717, 1.165) is 0 Å². The normalized spacial score (nSPS) is 29.1. The van der Waals surface area contributed by atoms with Crippen molar-refractivity contribution >= 4 is 10.8 Å². The minimum Gasteiger partial charge on any atom is -0.412 e. The van der Waals surface area contributed by atoms with Gasteiger partial charge in [-0.2, -0.15) is 0 Å². The summed E-state index contributed by atoms with van der Waals surface area (Å²) in [5.41, 5.74) is -0.684. The number of hydrogen-bond acceptors (Lipinski definition) is 5. The molecular weight excluding hydrogens is 288 g/mol. The first kappa shape index (κ1) is 16.8. The highest BCUT2D eigenvalue weighted by Crippen LogP contribution is 2.31. The van der Waals surface area contributed by atoms with Gasteiger partial charge in [0.15, 0.2) is 0 Å². The van der Waals surface area contributed by atoms with Gasteiger partial charge < -0.3 is 15.7 Å². The molecule has 1 aliphatic heterocycles. The first-order valence-electron chi connectivity index (χ1n) is 6.02. The number of nitrogens with zero attached hydrogens (tertiary/aromatic N) is 1. The van der Waals surface area contributed by atoms with E-state index in [4.69, 9.17) is 5.11 Å². The number of rotatable bonds is 3. The Kier molecular flexibility index (Phi) is 5.40. The van der Waals surface area contributed by atoms with Crippen LogP contribution >= 0.6 is 0 Å². The van der Waals surface area contributed by atoms with Gasteiger partial charge in [-0.3, -0.25) is 18.6 Å². The summed E-state index contributed by atoms with van der Waals surface area (Å²) >= 11 is 0. The van der Waals surface area contributed by atoms with Gasteiger partial charge in [0.25, 0.3) is 5.56 Å². The van der Waals surface area contributed by atoms with Gasteiger partial charge in [0.2, 0.25) is 0 Å². The van der Waals surface area contributed by atoms with Crippen LogP contribution in [0.1, 0.15) is 24.3 Å². The first-order chi connectivity index (χ1) is 8.99. The molecule has 1 fully saturated rings. The predicted octanol–water partition coefficient (Wildman–Crippen LogP) is -2.35. The molecule has 9 heteroatoms. The van der Waals surface area contributed by atoms with E-state index in [-0.39, 0.29) is 11.9 Å². The molecule has 2 heterocycles. The molecule has 1 saturated heterocycles. The molecular formula is C11H18N2O6S. The molecule has 20 heavy (non-hydrogen) atoms. The van der Waals surface area contributed by atoms with E-state index in [0.29, 0.717) is 12.0 Å². The summed E-state index contributed by atoms with van der Waals surface area (Å²) in [6.07, 6.45) is 1.03. The van der Waals surface area contributed by atoms with Crippen molar-refractivity contribution in [3.05, 3.63) is 32.6 Å². The van der Waals surface area contributed by atoms with Crippen LogP contribution in [-0.2, 0) is 17.2 Å². The van der Waals surface area contributed by atoms with Crippen LogP contribution in [0.15, 0.2) is 15.8 Å². The first-order valence-corrected chi connectivity index (χ1v) is 7.29. The summed E-state index contributed by atoms with van der Waals surface area (Å²) in [7, 11) is -1.57. The van der Waals surface area contributed by atoms with Gasteiger partial charge in [0.05, 0.1) is 28.8 Å². The Morgan fingerprint density at radius 3 is 2.65 bits per heavy atom. The van der Waals surface area contributed by atoms with E-state index in [1.165, 1.54) is 10.8 Å². The number of hydrogen-bond donors (Lipinski definition) is 3. The molecule has 1 aromatic heterocycles. The van der Waals surface area contributed by atoms with Gasteiger partial charge in [0, 0.05) is 18.2 Å². The average Bonchev–Trinajstić information content (AvgIpc) is 2.64. The third kappa shape index (κ3) is 2.75. The summed E-state index contributed by atoms with van der Waals surface area (Å²) in [5.74, 6) is 0. The van der Waals surface area contributed by atoms with Crippen LogP contribution in [0, 0.1) is 0 Å². The minimum absolute atomic E-state index is 0. The zero-order valence-corrected chi connectivity index (χ0v) is 11.7. The Labute approximate surface area is 116 Å². The highest BCUT2D eigenvalue weighted by atomic mass is 32.2. The predicted molar refractivity (Wildman–Crippen MR) is 73.0 cm³/mol. The summed E-state index contributed by atoms with van der Waals surface area (Å²) < 4.78 is 13.3. The maximum Gasteiger partial charge on any atom is 0.329 e. The second-order valence-corrected chi connectivity index (χ2v) is 6.29. The molecule has 0 aromatic carbocycles. The molecule has 0 radical (unpaired) electrons. The second-order valence-electron chi connectivity index (χ2n) is 4.48. The van der Waals surface area contributed by atoms with Gasteiger partial charge in [0.1, 0.15) is 5.37 Å². The van der Waals surface area contributed by atoms with Crippen LogP contribution in [0.2, 0.25) is 0 Å². The van der Waals surface area contributed by atoms with Gasteiger partial charge >= 0.3 is 5.69 Å². The Morgan fingerprint density at radius 2 is 2.15 bits per heavy atom. The Hall–Kier alpha value is -1.29. The summed E-state index contributed by atoms with van der Waals surface area (Å²) in [5, 5.41) is 17.3. The van der Waals surface area contributed by atoms with Crippen LogP contribution in [0.4, 0.5) is 0 Å². The van der Waals surface area contributed by atoms with Gasteiger partial charge in [-0.15, -0.1) is 0 Å². The van der Waals surface area contributed by atoms with E-state index in [9.17, 15) is 18.9 Å². The SMILES string of the molecule is CCc1cn([C@H]2C[C@H](O)[C@@H](CO)[S@]2=O)c(=O)[nH]c1=O.O. The standard InChI is InChI=1S/C11H16N2O5S.H2O/c1-2-6-4-13(11(17)12-10(6)16)9-3-7(15)8(5-14)19(9)18;/h4,7-9,14-15H,2-3,5H2,1H3,(H,12,16,17);1H2/t7-,8+,9+,19+;/m0./s1. The Morgan fingerprint density at radius 1 is 1.50 bits per heavy atom. The Balaban J connectivity index is 0.00000200. The lowest BCUT2D eigenvalue weighted by Gasteiger charge is -2.13. The molecule has 114 valence electrons. The highest BCUT2D eigenvalue weighted by Gasteiger charge is 2.41. The number of aliphatic hydroxyl groups excluding tert-OH is 2. The van der Waals surface area contributed by atoms with Crippen molar-refractivity contribution in [2.45, 2.75) is 36.5 Å². The van der Waals surface area contributed by atoms with Crippen molar-refractivity contribution in [3.63, 3.8) is 0 Å². The third-order valence-electron chi connectivity index (χ3n) is 3.35. The zero-order valence-electron chi connectivity index (χ0n) is 10.9. The van der Waals surface area contributed by atoms with Crippen molar-refractivity contribution in [3.8, 4) is 0 Å². The molecule has 0 amide bonds. The number of aromatic nitrogens is 2. The van der Waals surface area contributed by atoms with Crippen molar-refractivity contribution in [2.24, 2.45) is 0 Å². The molecule has 0 aliphatic carbocycles. The molecule has 8 nitrogen and oxygen atoms in total. The lowest BCUT2D eigenvalue weighted by molar-refractivity contribution is 0.137. The molecule has 5 N–H and O–H groups in total. The third-order valence-corrected chi connectivity index (χ3v) is 5.37. The van der Waals surface area contributed by atoms with Crippen molar-refractivity contribution in [1.82, 2.24) is 9.55 Å². The van der Waals surface area contributed by atoms with E-state index in [2.05, 4.69) is 4.98 Å². The van der Waals surface area contributed by atoms with Crippen molar-refractivity contribution in [1.29, 1.82) is 0 Å². The van der Waals surface area contributed by atoms with Gasteiger partial charge in [-0.25, -0.2) is 4.79 Å². The molecule has 0 bridgehead atoms. The number of nitrogens with one attached hydrogen (secondary N) is 1. The molecule has 0 unspecified atom stereocenters. The smallest absolute Gasteiger partial charge is 0.329 e. The van der Waals surface area contributed by atoms with Crippen LogP contribution in [0.25, 0.3) is 0 Å². The highest BCUT2D eigenvalue weighted by molar-refractivity contribution is 7.86. The van der Waals surface area contributed by atoms with Crippen LogP contribution in [0.3, 0.4) is 0 Å². The second kappa shape index (κ2) is 6.44. The fraction of sp³-hybridized carbons (Fsp3) is 0.636. The molecule has 2 rings (SSSR count). The minimum atomic E-state index is -1.57.